The number of carbonyl (C=O) groups excluding carboxylic acids is 1. The van der Waals surface area contributed by atoms with Gasteiger partial charge in [-0.05, 0) is 49.9 Å². The molecule has 0 spiro atoms. The zero-order valence-electron chi connectivity index (χ0n) is 13.4. The molecule has 2 aromatic rings. The number of anilines is 1. The number of nitrogens with zero attached hydrogens (tertiary/aromatic N) is 3. The van der Waals surface area contributed by atoms with Crippen molar-refractivity contribution in [3.05, 3.63) is 37.1 Å². The van der Waals surface area contributed by atoms with Crippen molar-refractivity contribution in [1.29, 1.82) is 0 Å². The number of hydrogen-bond acceptors (Lipinski definition) is 4. The average molecular weight is 313 g/mol. The first kappa shape index (κ1) is 15.7. The molecule has 0 aliphatic carbocycles. The lowest BCUT2D eigenvalue weighted by Crippen LogP contribution is -2.34. The topological polar surface area (TPSA) is 71.8 Å². The van der Waals surface area contributed by atoms with Crippen molar-refractivity contribution in [3.8, 4) is 5.82 Å². The van der Waals surface area contributed by atoms with Crippen molar-refractivity contribution < 1.29 is 4.79 Å². The van der Waals surface area contributed by atoms with Gasteiger partial charge in [0, 0.05) is 18.8 Å². The zero-order chi connectivity index (χ0) is 16.1. The van der Waals surface area contributed by atoms with E-state index < -0.39 is 0 Å². The van der Waals surface area contributed by atoms with Gasteiger partial charge in [-0.3, -0.25) is 9.36 Å². The second kappa shape index (κ2) is 7.37. The summed E-state index contributed by atoms with van der Waals surface area (Å²) in [7, 11) is 0. The lowest BCUT2D eigenvalue weighted by molar-refractivity contribution is -0.117. The molecule has 2 unspecified atom stereocenters. The van der Waals surface area contributed by atoms with Gasteiger partial charge in [0.1, 0.15) is 12.1 Å². The van der Waals surface area contributed by atoms with Crippen LogP contribution >= 0.6 is 0 Å². The fraction of sp³-hybridized carbons (Fsp3) is 0.471. The monoisotopic (exact) mass is 313 g/mol. The van der Waals surface area contributed by atoms with Gasteiger partial charge in [0.25, 0.3) is 0 Å². The number of carbonyl (C=O) groups is 1. The third-order valence-electron chi connectivity index (χ3n) is 4.45. The van der Waals surface area contributed by atoms with Crippen molar-refractivity contribution in [2.45, 2.75) is 26.2 Å². The van der Waals surface area contributed by atoms with Crippen LogP contribution < -0.4 is 10.6 Å². The molecule has 23 heavy (non-hydrogen) atoms. The van der Waals surface area contributed by atoms with Crippen LogP contribution in [0.4, 0.5) is 5.69 Å². The Morgan fingerprint density at radius 1 is 1.52 bits per heavy atom. The summed E-state index contributed by atoms with van der Waals surface area (Å²) in [6.45, 7) is 4.29. The first-order valence-corrected chi connectivity index (χ1v) is 8.17. The number of nitrogens with one attached hydrogen (secondary N) is 2. The van der Waals surface area contributed by atoms with E-state index in [1.54, 1.807) is 18.7 Å². The Bertz CT molecular complexity index is 617. The molecule has 3 rings (SSSR count). The van der Waals surface area contributed by atoms with Gasteiger partial charge in [-0.25, -0.2) is 9.97 Å². The Morgan fingerprint density at radius 2 is 2.43 bits per heavy atom. The lowest BCUT2D eigenvalue weighted by Gasteiger charge is -2.28. The summed E-state index contributed by atoms with van der Waals surface area (Å²) in [5.41, 5.74) is 0.729. The molecule has 2 N–H and O–H groups in total. The molecule has 6 nitrogen and oxygen atoms in total. The van der Waals surface area contributed by atoms with Crippen LogP contribution in [0.2, 0.25) is 0 Å². The van der Waals surface area contributed by atoms with Gasteiger partial charge >= 0.3 is 0 Å². The highest BCUT2D eigenvalue weighted by atomic mass is 16.1. The van der Waals surface area contributed by atoms with Gasteiger partial charge in [-0.15, -0.1) is 0 Å². The van der Waals surface area contributed by atoms with Gasteiger partial charge in [-0.1, -0.05) is 6.92 Å². The summed E-state index contributed by atoms with van der Waals surface area (Å²) < 4.78 is 1.82. The lowest BCUT2D eigenvalue weighted by atomic mass is 9.85. The standard InChI is InChI=1S/C17H23N5O/c1-13(14-3-2-6-18-10-14)9-17(23)21-15-4-5-16(20-11-15)22-8-7-19-12-22/h4-5,7-8,11-14,18H,2-3,6,9-10H2,1H3,(H,21,23). The Labute approximate surface area is 136 Å². The van der Waals surface area contributed by atoms with Crippen LogP contribution in [0.1, 0.15) is 26.2 Å². The molecule has 1 amide bonds. The predicted molar refractivity (Wildman–Crippen MR) is 89.4 cm³/mol. The number of aromatic nitrogens is 3. The van der Waals surface area contributed by atoms with Gasteiger partial charge < -0.3 is 10.6 Å². The minimum Gasteiger partial charge on any atom is -0.325 e. The van der Waals surface area contributed by atoms with E-state index in [0.717, 1.165) is 24.6 Å². The molecule has 1 aliphatic heterocycles. The van der Waals surface area contributed by atoms with E-state index in [1.807, 2.05) is 22.9 Å². The number of imidazole rings is 1. The van der Waals surface area contributed by atoms with Crippen LogP contribution in [0.25, 0.3) is 5.82 Å². The van der Waals surface area contributed by atoms with Crippen molar-refractivity contribution in [1.82, 2.24) is 19.9 Å². The largest absolute Gasteiger partial charge is 0.325 e. The number of piperidine rings is 1. The van der Waals surface area contributed by atoms with Gasteiger partial charge in [0.2, 0.25) is 5.91 Å². The summed E-state index contributed by atoms with van der Waals surface area (Å²) in [5.74, 6) is 1.82. The molecule has 3 heterocycles. The smallest absolute Gasteiger partial charge is 0.224 e. The fourth-order valence-corrected chi connectivity index (χ4v) is 3.04. The first-order valence-electron chi connectivity index (χ1n) is 8.17. The molecular weight excluding hydrogens is 290 g/mol. The van der Waals surface area contributed by atoms with Crippen LogP contribution in [0, 0.1) is 11.8 Å². The molecule has 122 valence electrons. The zero-order valence-corrected chi connectivity index (χ0v) is 13.4. The van der Waals surface area contributed by atoms with Crippen LogP contribution in [0.15, 0.2) is 37.1 Å². The van der Waals surface area contributed by atoms with Crippen LogP contribution in [0.3, 0.4) is 0 Å². The molecule has 2 atom stereocenters. The summed E-state index contributed by atoms with van der Waals surface area (Å²) >= 11 is 0. The third-order valence-corrected chi connectivity index (χ3v) is 4.45. The second-order valence-corrected chi connectivity index (χ2v) is 6.21. The summed E-state index contributed by atoms with van der Waals surface area (Å²) in [6.07, 6.45) is 9.88. The van der Waals surface area contributed by atoms with Gasteiger partial charge in [-0.2, -0.15) is 0 Å². The van der Waals surface area contributed by atoms with Crippen molar-refractivity contribution >= 4 is 11.6 Å². The molecule has 0 bridgehead atoms. The van der Waals surface area contributed by atoms with Crippen LogP contribution in [-0.2, 0) is 4.79 Å². The quantitative estimate of drug-likeness (QED) is 0.888. The molecule has 2 aromatic heterocycles. The third kappa shape index (κ3) is 4.16. The molecule has 1 fully saturated rings. The van der Waals surface area contributed by atoms with Gasteiger partial charge in [0.15, 0.2) is 0 Å². The van der Waals surface area contributed by atoms with Crippen LogP contribution in [0.5, 0.6) is 0 Å². The van der Waals surface area contributed by atoms with E-state index in [-0.39, 0.29) is 5.91 Å². The summed E-state index contributed by atoms with van der Waals surface area (Å²) in [6, 6.07) is 3.73. The van der Waals surface area contributed by atoms with Crippen LogP contribution in [-0.4, -0.2) is 33.5 Å². The SMILES string of the molecule is CC(CC(=O)Nc1ccc(-n2ccnc2)nc1)C1CCCNC1. The molecule has 6 heteroatoms. The fourth-order valence-electron chi connectivity index (χ4n) is 3.04. The van der Waals surface area contributed by atoms with Gasteiger partial charge in [0.05, 0.1) is 11.9 Å². The Balaban J connectivity index is 1.53. The van der Waals surface area contributed by atoms with Crippen molar-refractivity contribution in [2.24, 2.45) is 11.8 Å². The minimum atomic E-state index is 0.0558. The molecule has 0 aromatic carbocycles. The van der Waals surface area contributed by atoms with E-state index in [2.05, 4.69) is 27.5 Å². The van der Waals surface area contributed by atoms with E-state index in [9.17, 15) is 4.79 Å². The van der Waals surface area contributed by atoms with E-state index in [0.29, 0.717) is 18.3 Å². The summed E-state index contributed by atoms with van der Waals surface area (Å²) in [5, 5.41) is 6.35. The summed E-state index contributed by atoms with van der Waals surface area (Å²) in [4.78, 5) is 20.5. The maximum atomic E-state index is 12.2. The Kier molecular flexibility index (Phi) is 5.02. The Morgan fingerprint density at radius 3 is 3.09 bits per heavy atom. The second-order valence-electron chi connectivity index (χ2n) is 6.21. The maximum Gasteiger partial charge on any atom is 0.224 e. The molecule has 0 saturated carbocycles. The number of pyridine rings is 1. The van der Waals surface area contributed by atoms with Crippen molar-refractivity contribution in [2.75, 3.05) is 18.4 Å². The molecule has 1 saturated heterocycles. The normalized spacial score (nSPS) is 19.3. The minimum absolute atomic E-state index is 0.0558. The maximum absolute atomic E-state index is 12.2. The van der Waals surface area contributed by atoms with Crippen molar-refractivity contribution in [3.63, 3.8) is 0 Å². The average Bonchev–Trinajstić information content (AvgIpc) is 3.11. The van der Waals surface area contributed by atoms with E-state index in [1.165, 1.54) is 12.8 Å². The Hall–Kier alpha value is -2.21. The number of rotatable bonds is 5. The predicted octanol–water partition coefficient (Wildman–Crippen LogP) is 2.23. The molecule has 0 radical (unpaired) electrons. The highest BCUT2D eigenvalue weighted by Gasteiger charge is 2.22. The molecular formula is C17H23N5O. The highest BCUT2D eigenvalue weighted by Crippen LogP contribution is 2.23. The number of amides is 1. The van der Waals surface area contributed by atoms with E-state index in [4.69, 9.17) is 0 Å². The first-order chi connectivity index (χ1) is 11.2. The molecule has 1 aliphatic rings. The highest BCUT2D eigenvalue weighted by molar-refractivity contribution is 5.90. The number of hydrogen-bond donors (Lipinski definition) is 2. The van der Waals surface area contributed by atoms with E-state index >= 15 is 0 Å².